The first-order valence-corrected chi connectivity index (χ1v) is 11.8. The minimum atomic E-state index is -0.462. The lowest BCUT2D eigenvalue weighted by Crippen LogP contribution is -2.32. The lowest BCUT2D eigenvalue weighted by Gasteiger charge is -2.29. The monoisotopic (exact) mass is 485 g/mol. The van der Waals surface area contributed by atoms with E-state index in [9.17, 15) is 14.9 Å². The molecular weight excluding hydrogens is 462 g/mol. The zero-order valence-electron chi connectivity index (χ0n) is 18.2. The minimum absolute atomic E-state index is 0.0570. The predicted molar refractivity (Wildman–Crippen MR) is 121 cm³/mol. The molecule has 0 unspecified atom stereocenters. The van der Waals surface area contributed by atoms with E-state index in [-0.39, 0.29) is 11.2 Å². The van der Waals surface area contributed by atoms with Gasteiger partial charge in [0.05, 0.1) is 22.2 Å². The molecule has 2 aliphatic heterocycles. The number of nitro groups is 1. The molecule has 0 saturated carbocycles. The summed E-state index contributed by atoms with van der Waals surface area (Å²) >= 11 is 1.10. The lowest BCUT2D eigenvalue weighted by molar-refractivity contribution is -0.387. The van der Waals surface area contributed by atoms with Crippen LogP contribution >= 0.6 is 11.8 Å². The Hall–Kier alpha value is -3.61. The molecule has 0 aliphatic carbocycles. The van der Waals surface area contributed by atoms with Crippen LogP contribution in [0.4, 0.5) is 5.69 Å². The molecule has 12 nitrogen and oxygen atoms in total. The van der Waals surface area contributed by atoms with Crippen molar-refractivity contribution in [2.24, 2.45) is 5.92 Å². The molecule has 1 amide bonds. The molecule has 1 aromatic carbocycles. The number of hydrogen-bond donors (Lipinski definition) is 2. The SMILES string of the molecule is N=c1ncn(CCC2CCN(C=O)CC2)c2nc(Sc3cc4c(cc3[N+](=O)[O-])OCCO4)[nH]c12. The molecule has 2 aromatic heterocycles. The number of imidazole rings is 1. The predicted octanol–water partition coefficient (Wildman–Crippen LogP) is 2.33. The summed E-state index contributed by atoms with van der Waals surface area (Å²) in [7, 11) is 0. The third-order valence-electron chi connectivity index (χ3n) is 6.10. The van der Waals surface area contributed by atoms with Crippen molar-refractivity contribution >= 4 is 35.0 Å². The van der Waals surface area contributed by atoms with Gasteiger partial charge in [0, 0.05) is 25.7 Å². The highest BCUT2D eigenvalue weighted by Gasteiger charge is 2.24. The van der Waals surface area contributed by atoms with E-state index in [1.54, 1.807) is 17.3 Å². The largest absolute Gasteiger partial charge is 0.486 e. The van der Waals surface area contributed by atoms with Crippen LogP contribution in [-0.2, 0) is 11.3 Å². The fourth-order valence-electron chi connectivity index (χ4n) is 4.23. The number of rotatable bonds is 7. The van der Waals surface area contributed by atoms with Gasteiger partial charge in [0.2, 0.25) is 6.41 Å². The highest BCUT2D eigenvalue weighted by Crippen LogP contribution is 2.42. The number of fused-ring (bicyclic) bond motifs is 2. The number of amides is 1. The average Bonchev–Trinajstić information content (AvgIpc) is 3.28. The third kappa shape index (κ3) is 4.42. The molecule has 0 radical (unpaired) electrons. The van der Waals surface area contributed by atoms with Crippen LogP contribution in [0.3, 0.4) is 0 Å². The molecule has 2 N–H and O–H groups in total. The molecule has 178 valence electrons. The molecule has 5 rings (SSSR count). The summed E-state index contributed by atoms with van der Waals surface area (Å²) in [5.74, 6) is 1.30. The van der Waals surface area contributed by atoms with Gasteiger partial charge < -0.3 is 23.9 Å². The summed E-state index contributed by atoms with van der Waals surface area (Å²) in [5.41, 5.74) is 1.00. The van der Waals surface area contributed by atoms with E-state index in [4.69, 9.17) is 14.9 Å². The number of ether oxygens (including phenoxy) is 2. The van der Waals surface area contributed by atoms with Gasteiger partial charge in [0.25, 0.3) is 5.69 Å². The number of benzene rings is 1. The number of carbonyl (C=O) groups is 1. The van der Waals surface area contributed by atoms with E-state index in [1.165, 1.54) is 6.07 Å². The van der Waals surface area contributed by atoms with Gasteiger partial charge in [-0.05, 0) is 36.9 Å². The van der Waals surface area contributed by atoms with Crippen molar-refractivity contribution in [2.45, 2.75) is 35.9 Å². The van der Waals surface area contributed by atoms with Crippen molar-refractivity contribution in [3.8, 4) is 11.5 Å². The molecule has 34 heavy (non-hydrogen) atoms. The van der Waals surface area contributed by atoms with Crippen LogP contribution in [0.1, 0.15) is 19.3 Å². The number of likely N-dealkylation sites (tertiary alicyclic amines) is 1. The van der Waals surface area contributed by atoms with Gasteiger partial charge in [-0.15, -0.1) is 0 Å². The van der Waals surface area contributed by atoms with Crippen LogP contribution in [0, 0.1) is 21.4 Å². The smallest absolute Gasteiger partial charge is 0.287 e. The first-order valence-electron chi connectivity index (χ1n) is 11.0. The van der Waals surface area contributed by atoms with Crippen molar-refractivity contribution in [2.75, 3.05) is 26.3 Å². The molecule has 3 aromatic rings. The first-order chi connectivity index (χ1) is 16.5. The summed E-state index contributed by atoms with van der Waals surface area (Å²) < 4.78 is 12.9. The zero-order valence-corrected chi connectivity index (χ0v) is 19.0. The van der Waals surface area contributed by atoms with E-state index in [2.05, 4.69) is 15.0 Å². The Labute approximate surface area is 197 Å². The number of H-pyrrole nitrogens is 1. The number of aromatic nitrogens is 4. The summed E-state index contributed by atoms with van der Waals surface area (Å²) in [6.45, 7) is 2.94. The Morgan fingerprint density at radius 2 is 2.00 bits per heavy atom. The Morgan fingerprint density at radius 1 is 1.26 bits per heavy atom. The highest BCUT2D eigenvalue weighted by atomic mass is 32.2. The average molecular weight is 486 g/mol. The fourth-order valence-corrected chi connectivity index (χ4v) is 5.13. The van der Waals surface area contributed by atoms with Gasteiger partial charge in [-0.3, -0.25) is 20.3 Å². The molecule has 4 heterocycles. The van der Waals surface area contributed by atoms with Gasteiger partial charge in [-0.1, -0.05) is 0 Å². The number of nitro benzene ring substituents is 1. The van der Waals surface area contributed by atoms with Gasteiger partial charge in [-0.25, -0.2) is 9.97 Å². The maximum absolute atomic E-state index is 11.7. The van der Waals surface area contributed by atoms with Crippen LogP contribution in [0.15, 0.2) is 28.5 Å². The molecular formula is C21H23N7O5S. The topological polar surface area (TPSA) is 152 Å². The highest BCUT2D eigenvalue weighted by molar-refractivity contribution is 7.99. The van der Waals surface area contributed by atoms with Crippen LogP contribution in [0.2, 0.25) is 0 Å². The van der Waals surface area contributed by atoms with Crippen molar-refractivity contribution in [1.29, 1.82) is 5.41 Å². The Kier molecular flexibility index (Phi) is 6.09. The molecule has 13 heteroatoms. The fraction of sp³-hybridized carbons (Fsp3) is 0.429. The standard InChI is InChI=1S/C21H23N7O5S/c22-19-18-20(27(11-23-19)6-3-13-1-4-26(12-29)5-2-13)25-21(24-18)34-17-10-16-15(32-7-8-33-16)9-14(17)28(30)31/h9-13,22H,1-8H2,(H,24,25). The normalized spacial score (nSPS) is 16.1. The van der Waals surface area contributed by atoms with Crippen LogP contribution in [-0.4, -0.2) is 62.1 Å². The molecule has 1 fully saturated rings. The third-order valence-corrected chi connectivity index (χ3v) is 7.04. The molecule has 0 bridgehead atoms. The second kappa shape index (κ2) is 9.33. The summed E-state index contributed by atoms with van der Waals surface area (Å²) in [4.78, 5) is 36.2. The number of aryl methyl sites for hydroxylation is 1. The summed E-state index contributed by atoms with van der Waals surface area (Å²) in [6.07, 6.45) is 5.34. The van der Waals surface area contributed by atoms with E-state index in [0.29, 0.717) is 58.4 Å². The van der Waals surface area contributed by atoms with Gasteiger partial charge in [0.1, 0.15) is 18.7 Å². The number of carbonyl (C=O) groups excluding carboxylic acids is 1. The number of aromatic amines is 1. The number of nitrogens with one attached hydrogen (secondary N) is 2. The van der Waals surface area contributed by atoms with Gasteiger partial charge in [0.15, 0.2) is 27.8 Å². The second-order valence-electron chi connectivity index (χ2n) is 8.22. The maximum Gasteiger partial charge on any atom is 0.287 e. The van der Waals surface area contributed by atoms with Crippen LogP contribution < -0.4 is 15.0 Å². The molecule has 2 aliphatic rings. The maximum atomic E-state index is 11.7. The van der Waals surface area contributed by atoms with Crippen molar-refractivity contribution < 1.29 is 19.2 Å². The molecule has 1 saturated heterocycles. The van der Waals surface area contributed by atoms with E-state index in [1.807, 2.05) is 4.57 Å². The van der Waals surface area contributed by atoms with Gasteiger partial charge >= 0.3 is 0 Å². The van der Waals surface area contributed by atoms with E-state index in [0.717, 1.165) is 50.5 Å². The van der Waals surface area contributed by atoms with Crippen LogP contribution in [0.5, 0.6) is 11.5 Å². The number of hydrogen-bond acceptors (Lipinski definition) is 9. The lowest BCUT2D eigenvalue weighted by atomic mass is 9.94. The Bertz CT molecular complexity index is 1300. The number of piperidine rings is 1. The Balaban J connectivity index is 1.39. The van der Waals surface area contributed by atoms with Crippen molar-refractivity contribution in [3.63, 3.8) is 0 Å². The van der Waals surface area contributed by atoms with Gasteiger partial charge in [-0.2, -0.15) is 0 Å². The first kappa shape index (κ1) is 22.2. The Morgan fingerprint density at radius 3 is 2.71 bits per heavy atom. The summed E-state index contributed by atoms with van der Waals surface area (Å²) in [6, 6.07) is 2.96. The number of nitrogens with zero attached hydrogens (tertiary/aromatic N) is 5. The van der Waals surface area contributed by atoms with Crippen molar-refractivity contribution in [3.05, 3.63) is 34.1 Å². The quantitative estimate of drug-likeness (QED) is 0.294. The molecule has 0 atom stereocenters. The minimum Gasteiger partial charge on any atom is -0.486 e. The molecule has 0 spiro atoms. The van der Waals surface area contributed by atoms with E-state index >= 15 is 0 Å². The van der Waals surface area contributed by atoms with Crippen molar-refractivity contribution in [1.82, 2.24) is 24.4 Å². The van der Waals surface area contributed by atoms with Crippen LogP contribution in [0.25, 0.3) is 11.2 Å². The second-order valence-corrected chi connectivity index (χ2v) is 9.25. The summed E-state index contributed by atoms with van der Waals surface area (Å²) in [5, 5.41) is 20.2. The van der Waals surface area contributed by atoms with E-state index < -0.39 is 4.92 Å². The zero-order chi connectivity index (χ0) is 23.7.